The lowest BCUT2D eigenvalue weighted by Gasteiger charge is -2.12. The number of nitrogens with one attached hydrogen (secondary N) is 1. The van der Waals surface area contributed by atoms with E-state index in [1.54, 1.807) is 0 Å². The third-order valence-corrected chi connectivity index (χ3v) is 3.70. The first-order valence-electron chi connectivity index (χ1n) is 6.18. The predicted molar refractivity (Wildman–Crippen MR) is 75.7 cm³/mol. The Bertz CT molecular complexity index is 580. The molecule has 20 heavy (non-hydrogen) atoms. The van der Waals surface area contributed by atoms with Crippen molar-refractivity contribution in [3.8, 4) is 0 Å². The van der Waals surface area contributed by atoms with Crippen molar-refractivity contribution in [3.05, 3.63) is 22.7 Å². The molecule has 0 unspecified atom stereocenters. The summed E-state index contributed by atoms with van der Waals surface area (Å²) in [5.41, 5.74) is 0.897. The topological polar surface area (TPSA) is 84.0 Å². The fourth-order valence-corrected chi connectivity index (χ4v) is 2.48. The van der Waals surface area contributed by atoms with Crippen LogP contribution in [0.1, 0.15) is 23.8 Å². The van der Waals surface area contributed by atoms with Gasteiger partial charge in [-0.15, -0.1) is 11.3 Å². The molecule has 1 N–H and O–H groups in total. The summed E-state index contributed by atoms with van der Waals surface area (Å²) in [6, 6.07) is 0. The lowest BCUT2D eigenvalue weighted by atomic mass is 10.2. The van der Waals surface area contributed by atoms with E-state index >= 15 is 0 Å². The van der Waals surface area contributed by atoms with E-state index in [0.717, 1.165) is 22.5 Å². The minimum Gasteiger partial charge on any atom is -0.469 e. The molecule has 2 rings (SSSR count). The van der Waals surface area contributed by atoms with Gasteiger partial charge in [-0.2, -0.15) is 5.10 Å². The van der Waals surface area contributed by atoms with E-state index in [1.807, 2.05) is 24.3 Å². The van der Waals surface area contributed by atoms with Crippen molar-refractivity contribution in [2.45, 2.75) is 26.3 Å². The molecular weight excluding hydrogens is 278 g/mol. The highest BCUT2D eigenvalue weighted by molar-refractivity contribution is 7.13. The maximum absolute atomic E-state index is 11.1. The number of H-pyrrole nitrogens is 1. The third-order valence-electron chi connectivity index (χ3n) is 2.70. The van der Waals surface area contributed by atoms with Crippen LogP contribution in [0.25, 0.3) is 0 Å². The first-order chi connectivity index (χ1) is 9.58. The van der Waals surface area contributed by atoms with Gasteiger partial charge in [0.05, 0.1) is 25.8 Å². The van der Waals surface area contributed by atoms with Gasteiger partial charge in [0.1, 0.15) is 5.82 Å². The molecule has 0 amide bonds. The number of carbonyl (C=O) groups excluding carboxylic acids is 1. The molecular formula is C12H17N5O2S. The molecule has 0 fully saturated rings. The van der Waals surface area contributed by atoms with Gasteiger partial charge in [0.2, 0.25) is 0 Å². The van der Waals surface area contributed by atoms with E-state index in [-0.39, 0.29) is 5.97 Å². The third kappa shape index (κ3) is 3.77. The van der Waals surface area contributed by atoms with Gasteiger partial charge in [-0.1, -0.05) is 0 Å². The second-order valence-corrected chi connectivity index (χ2v) is 5.23. The summed E-state index contributed by atoms with van der Waals surface area (Å²) < 4.78 is 4.61. The second-order valence-electron chi connectivity index (χ2n) is 4.39. The summed E-state index contributed by atoms with van der Waals surface area (Å²) in [4.78, 5) is 21.8. The van der Waals surface area contributed by atoms with Crippen LogP contribution < -0.4 is 4.90 Å². The monoisotopic (exact) mass is 295 g/mol. The normalized spacial score (nSPS) is 10.6. The number of aromatic amines is 1. The Kier molecular flexibility index (Phi) is 4.67. The summed E-state index contributed by atoms with van der Waals surface area (Å²) in [5.74, 6) is 1.31. The Morgan fingerprint density at radius 3 is 2.95 bits per heavy atom. The molecule has 0 bridgehead atoms. The first-order valence-corrected chi connectivity index (χ1v) is 7.06. The number of methoxy groups -OCH3 is 1. The zero-order valence-electron chi connectivity index (χ0n) is 11.7. The number of nitrogens with zero attached hydrogens (tertiary/aromatic N) is 4. The molecule has 0 spiro atoms. The van der Waals surface area contributed by atoms with Crippen LogP contribution in [-0.2, 0) is 22.5 Å². The highest BCUT2D eigenvalue weighted by Gasteiger charge is 2.11. The van der Waals surface area contributed by atoms with Crippen LogP contribution in [0.4, 0.5) is 5.13 Å². The zero-order valence-corrected chi connectivity index (χ0v) is 12.5. The Hall–Kier alpha value is -1.96. The summed E-state index contributed by atoms with van der Waals surface area (Å²) in [5, 5.41) is 9.75. The Morgan fingerprint density at radius 1 is 1.50 bits per heavy atom. The molecule has 2 heterocycles. The van der Waals surface area contributed by atoms with E-state index in [1.165, 1.54) is 18.4 Å². The number of aryl methyl sites for hydroxylation is 2. The molecule has 108 valence electrons. The summed E-state index contributed by atoms with van der Waals surface area (Å²) in [6.07, 6.45) is 0.945. The second kappa shape index (κ2) is 6.47. The van der Waals surface area contributed by atoms with Crippen molar-refractivity contribution in [2.24, 2.45) is 0 Å². The fraction of sp³-hybridized carbons (Fsp3) is 0.500. The van der Waals surface area contributed by atoms with Gasteiger partial charge in [0, 0.05) is 18.8 Å². The number of hydrogen-bond donors (Lipinski definition) is 1. The molecule has 2 aromatic rings. The van der Waals surface area contributed by atoms with Gasteiger partial charge in [-0.25, -0.2) is 9.97 Å². The van der Waals surface area contributed by atoms with Gasteiger partial charge in [-0.3, -0.25) is 9.89 Å². The van der Waals surface area contributed by atoms with Gasteiger partial charge in [0.15, 0.2) is 11.0 Å². The SMILES string of the molecule is COC(=O)CCc1csc(N(C)Cc2n[nH]c(C)n2)n1. The molecule has 0 saturated heterocycles. The molecule has 0 radical (unpaired) electrons. The van der Waals surface area contributed by atoms with E-state index in [0.29, 0.717) is 19.4 Å². The van der Waals surface area contributed by atoms with Crippen molar-refractivity contribution in [3.63, 3.8) is 0 Å². The smallest absolute Gasteiger partial charge is 0.305 e. The van der Waals surface area contributed by atoms with Crippen molar-refractivity contribution in [2.75, 3.05) is 19.1 Å². The Labute approximate surface area is 121 Å². The first kappa shape index (κ1) is 14.4. The fourth-order valence-electron chi connectivity index (χ4n) is 1.66. The largest absolute Gasteiger partial charge is 0.469 e. The molecule has 7 nitrogen and oxygen atoms in total. The number of carbonyl (C=O) groups is 1. The highest BCUT2D eigenvalue weighted by atomic mass is 32.1. The van der Waals surface area contributed by atoms with Gasteiger partial charge in [0.25, 0.3) is 0 Å². The molecule has 0 aromatic carbocycles. The molecule has 0 atom stereocenters. The summed E-state index contributed by atoms with van der Waals surface area (Å²) >= 11 is 1.54. The predicted octanol–water partition coefficient (Wildman–Crippen LogP) is 1.31. The zero-order chi connectivity index (χ0) is 14.5. The lowest BCUT2D eigenvalue weighted by molar-refractivity contribution is -0.140. The van der Waals surface area contributed by atoms with Crippen LogP contribution in [0.2, 0.25) is 0 Å². The summed E-state index contributed by atoms with van der Waals surface area (Å²) in [6.45, 7) is 2.46. The number of thiazole rings is 1. The van der Waals surface area contributed by atoms with Gasteiger partial charge < -0.3 is 9.64 Å². The van der Waals surface area contributed by atoms with Gasteiger partial charge >= 0.3 is 5.97 Å². The molecule has 8 heteroatoms. The van der Waals surface area contributed by atoms with Crippen molar-refractivity contribution in [1.29, 1.82) is 0 Å². The van der Waals surface area contributed by atoms with Crippen molar-refractivity contribution >= 4 is 22.4 Å². The number of esters is 1. The number of hydrogen-bond acceptors (Lipinski definition) is 7. The molecule has 0 aliphatic heterocycles. The summed E-state index contributed by atoms with van der Waals surface area (Å²) in [7, 11) is 3.33. The van der Waals surface area contributed by atoms with E-state index < -0.39 is 0 Å². The number of rotatable bonds is 6. The average molecular weight is 295 g/mol. The average Bonchev–Trinajstić information content (AvgIpc) is 3.05. The molecule has 0 aliphatic carbocycles. The Balaban J connectivity index is 1.92. The standard InChI is InChI=1S/C12H17N5O2S/c1-8-13-10(16-15-8)6-17(2)12-14-9(7-20-12)4-5-11(18)19-3/h7H,4-6H2,1-3H3,(H,13,15,16). The quantitative estimate of drug-likeness (QED) is 0.809. The van der Waals surface area contributed by atoms with Crippen molar-refractivity contribution < 1.29 is 9.53 Å². The van der Waals surface area contributed by atoms with E-state index in [4.69, 9.17) is 0 Å². The number of ether oxygens (including phenoxy) is 1. The molecule has 2 aromatic heterocycles. The lowest BCUT2D eigenvalue weighted by Crippen LogP contribution is -2.17. The number of anilines is 1. The van der Waals surface area contributed by atoms with Crippen LogP contribution in [0.3, 0.4) is 0 Å². The van der Waals surface area contributed by atoms with Crippen LogP contribution in [0, 0.1) is 6.92 Å². The minimum absolute atomic E-state index is 0.218. The highest BCUT2D eigenvalue weighted by Crippen LogP contribution is 2.21. The number of aromatic nitrogens is 4. The van der Waals surface area contributed by atoms with Crippen LogP contribution >= 0.6 is 11.3 Å². The van der Waals surface area contributed by atoms with Crippen LogP contribution in [0.5, 0.6) is 0 Å². The Morgan fingerprint density at radius 2 is 2.30 bits per heavy atom. The van der Waals surface area contributed by atoms with E-state index in [2.05, 4.69) is 24.9 Å². The maximum Gasteiger partial charge on any atom is 0.305 e. The van der Waals surface area contributed by atoms with Gasteiger partial charge in [-0.05, 0) is 6.92 Å². The van der Waals surface area contributed by atoms with Crippen LogP contribution in [-0.4, -0.2) is 40.3 Å². The molecule has 0 aliphatic rings. The minimum atomic E-state index is -0.218. The molecule has 0 saturated carbocycles. The maximum atomic E-state index is 11.1. The van der Waals surface area contributed by atoms with Crippen molar-refractivity contribution in [1.82, 2.24) is 20.2 Å². The van der Waals surface area contributed by atoms with Crippen LogP contribution in [0.15, 0.2) is 5.38 Å². The van der Waals surface area contributed by atoms with E-state index in [9.17, 15) is 4.79 Å².